The number of hydrogen-bond acceptors (Lipinski definition) is 0. The summed E-state index contributed by atoms with van der Waals surface area (Å²) in [5.74, 6) is 0. The molecule has 58 valence electrons. The van der Waals surface area contributed by atoms with Crippen molar-refractivity contribution in [2.24, 2.45) is 0 Å². The van der Waals surface area contributed by atoms with Crippen LogP contribution in [-0.4, -0.2) is 0 Å². The first-order valence-corrected chi connectivity index (χ1v) is 3.90. The second-order valence-corrected chi connectivity index (χ2v) is 2.55. The third-order valence-corrected chi connectivity index (χ3v) is 1.71. The van der Waals surface area contributed by atoms with E-state index in [9.17, 15) is 0 Å². The Morgan fingerprint density at radius 2 is 1.15 bits per heavy atom. The number of hydrogen-bond donors (Lipinski definition) is 0. The zero-order valence-corrected chi connectivity index (χ0v) is 10.3. The van der Waals surface area contributed by atoms with Crippen molar-refractivity contribution >= 4 is 0 Å². The molecule has 0 bridgehead atoms. The summed E-state index contributed by atoms with van der Waals surface area (Å²) in [7, 11) is 0. The van der Waals surface area contributed by atoms with E-state index in [2.05, 4.69) is 12.1 Å². The SMILES string of the molecule is [Zn+2].[c-]1ccccc1-c1[c-]cccc1. The second-order valence-electron chi connectivity index (χ2n) is 2.55. The summed E-state index contributed by atoms with van der Waals surface area (Å²) in [6, 6.07) is 22.1. The largest absolute Gasteiger partial charge is 2.00 e. The predicted octanol–water partition coefficient (Wildman–Crippen LogP) is 2.95. The van der Waals surface area contributed by atoms with Gasteiger partial charge in [-0.05, 0) is 0 Å². The van der Waals surface area contributed by atoms with E-state index < -0.39 is 0 Å². The van der Waals surface area contributed by atoms with E-state index in [-0.39, 0.29) is 19.5 Å². The molecular weight excluding hydrogens is 210 g/mol. The van der Waals surface area contributed by atoms with Crippen molar-refractivity contribution in [3.63, 3.8) is 0 Å². The van der Waals surface area contributed by atoms with E-state index in [0.29, 0.717) is 0 Å². The monoisotopic (exact) mass is 216 g/mol. The topological polar surface area (TPSA) is 0 Å². The van der Waals surface area contributed by atoms with Gasteiger partial charge in [0.25, 0.3) is 0 Å². The Hall–Kier alpha value is -0.937. The van der Waals surface area contributed by atoms with Crippen LogP contribution in [0.3, 0.4) is 0 Å². The van der Waals surface area contributed by atoms with Gasteiger partial charge in [0, 0.05) is 0 Å². The molecule has 0 spiro atoms. The van der Waals surface area contributed by atoms with E-state index in [1.54, 1.807) is 0 Å². The summed E-state index contributed by atoms with van der Waals surface area (Å²) in [5.41, 5.74) is 2.19. The van der Waals surface area contributed by atoms with Gasteiger partial charge in [0.1, 0.15) is 0 Å². The molecule has 0 atom stereocenters. The van der Waals surface area contributed by atoms with Crippen molar-refractivity contribution in [3.8, 4) is 11.1 Å². The molecule has 2 rings (SSSR count). The number of rotatable bonds is 1. The van der Waals surface area contributed by atoms with Crippen LogP contribution in [0.25, 0.3) is 11.1 Å². The molecule has 0 unspecified atom stereocenters. The van der Waals surface area contributed by atoms with E-state index in [0.717, 1.165) is 11.1 Å². The first-order valence-electron chi connectivity index (χ1n) is 3.90. The minimum Gasteiger partial charge on any atom is -0.226 e. The Bertz CT molecular complexity index is 303. The molecule has 0 aliphatic rings. The van der Waals surface area contributed by atoms with Crippen LogP contribution < -0.4 is 0 Å². The predicted molar refractivity (Wildman–Crippen MR) is 49.6 cm³/mol. The molecule has 0 aromatic heterocycles. The third kappa shape index (κ3) is 2.50. The second kappa shape index (κ2) is 4.94. The average molecular weight is 218 g/mol. The Morgan fingerprint density at radius 3 is 1.46 bits per heavy atom. The van der Waals surface area contributed by atoms with Crippen molar-refractivity contribution in [1.82, 2.24) is 0 Å². The van der Waals surface area contributed by atoms with Gasteiger partial charge in [0.15, 0.2) is 0 Å². The van der Waals surface area contributed by atoms with Crippen LogP contribution in [0.2, 0.25) is 0 Å². The molecule has 0 nitrogen and oxygen atoms in total. The molecule has 0 heterocycles. The van der Waals surface area contributed by atoms with Gasteiger partial charge in [-0.2, -0.15) is 48.5 Å². The van der Waals surface area contributed by atoms with E-state index >= 15 is 0 Å². The summed E-state index contributed by atoms with van der Waals surface area (Å²) in [6.07, 6.45) is 0. The van der Waals surface area contributed by atoms with Crippen LogP contribution in [0.15, 0.2) is 48.5 Å². The molecule has 0 fully saturated rings. The van der Waals surface area contributed by atoms with Crippen molar-refractivity contribution < 1.29 is 19.5 Å². The molecule has 0 aliphatic heterocycles. The van der Waals surface area contributed by atoms with Gasteiger partial charge in [-0.3, -0.25) is 0 Å². The van der Waals surface area contributed by atoms with Gasteiger partial charge >= 0.3 is 19.5 Å². The maximum atomic E-state index is 3.15. The van der Waals surface area contributed by atoms with Gasteiger partial charge in [0.2, 0.25) is 0 Å². The molecule has 2 aromatic rings. The molecule has 2 aromatic carbocycles. The fourth-order valence-corrected chi connectivity index (χ4v) is 1.12. The van der Waals surface area contributed by atoms with Crippen molar-refractivity contribution in [2.75, 3.05) is 0 Å². The molecule has 13 heavy (non-hydrogen) atoms. The Kier molecular flexibility index (Phi) is 3.85. The van der Waals surface area contributed by atoms with E-state index in [4.69, 9.17) is 0 Å². The molecule has 0 radical (unpaired) electrons. The van der Waals surface area contributed by atoms with Gasteiger partial charge in [-0.1, -0.05) is 0 Å². The van der Waals surface area contributed by atoms with Crippen LogP contribution in [0.4, 0.5) is 0 Å². The smallest absolute Gasteiger partial charge is 0.226 e. The normalized spacial score (nSPS) is 8.92. The van der Waals surface area contributed by atoms with Crippen LogP contribution >= 0.6 is 0 Å². The molecule has 0 amide bonds. The molecular formula is C12H8Zn. The zero-order chi connectivity index (χ0) is 8.23. The Labute approximate surface area is 91.4 Å². The zero-order valence-electron chi connectivity index (χ0n) is 7.33. The summed E-state index contributed by atoms with van der Waals surface area (Å²) in [6.45, 7) is 0. The van der Waals surface area contributed by atoms with Gasteiger partial charge in [-0.25, -0.2) is 11.1 Å². The van der Waals surface area contributed by atoms with Crippen molar-refractivity contribution in [3.05, 3.63) is 60.7 Å². The first-order chi connectivity index (χ1) is 5.97. The minimum atomic E-state index is 0. The maximum Gasteiger partial charge on any atom is 2.00 e. The number of benzene rings is 2. The fraction of sp³-hybridized carbons (Fsp3) is 0. The van der Waals surface area contributed by atoms with Crippen molar-refractivity contribution in [2.45, 2.75) is 0 Å². The van der Waals surface area contributed by atoms with Crippen LogP contribution in [-0.2, 0) is 19.5 Å². The van der Waals surface area contributed by atoms with E-state index in [1.165, 1.54) is 0 Å². The minimum absolute atomic E-state index is 0. The molecule has 0 N–H and O–H groups in total. The third-order valence-electron chi connectivity index (χ3n) is 1.71. The van der Waals surface area contributed by atoms with Gasteiger partial charge in [0.05, 0.1) is 0 Å². The summed E-state index contributed by atoms with van der Waals surface area (Å²) in [5, 5.41) is 0. The summed E-state index contributed by atoms with van der Waals surface area (Å²) < 4.78 is 0. The first kappa shape index (κ1) is 10.1. The molecule has 1 heteroatoms. The summed E-state index contributed by atoms with van der Waals surface area (Å²) >= 11 is 0. The molecule has 0 aliphatic carbocycles. The van der Waals surface area contributed by atoms with Crippen LogP contribution in [0.1, 0.15) is 0 Å². The summed E-state index contributed by atoms with van der Waals surface area (Å²) in [4.78, 5) is 0. The molecule has 0 saturated heterocycles. The fourth-order valence-electron chi connectivity index (χ4n) is 1.12. The Balaban J connectivity index is 0.000000845. The standard InChI is InChI=1S/C12H8.Zn/c1-3-7-11(8-4-1)12-9-5-2-6-10-12;/h1-7,9H;/q-2;+2. The Morgan fingerprint density at radius 1 is 0.692 bits per heavy atom. The molecule has 0 saturated carbocycles. The average Bonchev–Trinajstić information content (AvgIpc) is 2.21. The van der Waals surface area contributed by atoms with Crippen LogP contribution in [0.5, 0.6) is 0 Å². The van der Waals surface area contributed by atoms with Gasteiger partial charge in [-0.15, -0.1) is 12.1 Å². The van der Waals surface area contributed by atoms with E-state index in [1.807, 2.05) is 48.5 Å². The quantitative estimate of drug-likeness (QED) is 0.509. The van der Waals surface area contributed by atoms with Crippen LogP contribution in [0, 0.1) is 12.1 Å². The maximum absolute atomic E-state index is 3.15. The van der Waals surface area contributed by atoms with Crippen molar-refractivity contribution in [1.29, 1.82) is 0 Å². The van der Waals surface area contributed by atoms with Gasteiger partial charge < -0.3 is 0 Å².